The van der Waals surface area contributed by atoms with Crippen LogP contribution in [-0.4, -0.2) is 23.2 Å². The molecule has 2 aromatic rings. The Morgan fingerprint density at radius 3 is 3.00 bits per heavy atom. The summed E-state index contributed by atoms with van der Waals surface area (Å²) in [5.74, 6) is 0.933. The molecule has 0 radical (unpaired) electrons. The third-order valence-corrected chi connectivity index (χ3v) is 2.61. The molecule has 0 spiro atoms. The first kappa shape index (κ1) is 11.7. The Balaban J connectivity index is 1.78. The second-order valence-corrected chi connectivity index (χ2v) is 3.79. The number of hydrogen-bond acceptors (Lipinski definition) is 3. The first-order valence-electron chi connectivity index (χ1n) is 5.68. The third kappa shape index (κ3) is 3.32. The van der Waals surface area contributed by atoms with Gasteiger partial charge in [0.1, 0.15) is 5.75 Å². The van der Waals surface area contributed by atoms with Crippen molar-refractivity contribution < 1.29 is 4.74 Å². The number of rotatable bonds is 6. The highest BCUT2D eigenvalue weighted by Gasteiger charge is 2.00. The van der Waals surface area contributed by atoms with Crippen LogP contribution in [0.3, 0.4) is 0 Å². The zero-order chi connectivity index (χ0) is 11.9. The third-order valence-electron chi connectivity index (χ3n) is 2.61. The summed E-state index contributed by atoms with van der Waals surface area (Å²) in [7, 11) is 1.70. The van der Waals surface area contributed by atoms with Gasteiger partial charge in [0.2, 0.25) is 0 Å². The van der Waals surface area contributed by atoms with Crippen LogP contribution in [0.5, 0.6) is 5.75 Å². The van der Waals surface area contributed by atoms with Crippen LogP contribution in [0.4, 0.5) is 0 Å². The molecule has 0 atom stereocenters. The van der Waals surface area contributed by atoms with Crippen LogP contribution < -0.4 is 10.1 Å². The van der Waals surface area contributed by atoms with Gasteiger partial charge >= 0.3 is 0 Å². The van der Waals surface area contributed by atoms with Gasteiger partial charge in [0.15, 0.2) is 0 Å². The average Bonchev–Trinajstić information content (AvgIpc) is 2.88. The Hall–Kier alpha value is -1.81. The number of nitrogens with zero attached hydrogens (tertiary/aromatic N) is 2. The summed E-state index contributed by atoms with van der Waals surface area (Å²) >= 11 is 0. The summed E-state index contributed by atoms with van der Waals surface area (Å²) in [5, 5.41) is 3.39. The van der Waals surface area contributed by atoms with Gasteiger partial charge in [0.05, 0.1) is 13.4 Å². The molecule has 0 unspecified atom stereocenters. The molecule has 0 amide bonds. The van der Waals surface area contributed by atoms with Crippen molar-refractivity contribution in [3.63, 3.8) is 0 Å². The molecular weight excluding hydrogens is 214 g/mol. The van der Waals surface area contributed by atoms with Gasteiger partial charge in [-0.25, -0.2) is 4.98 Å². The maximum Gasteiger partial charge on any atom is 0.123 e. The molecule has 17 heavy (non-hydrogen) atoms. The predicted octanol–water partition coefficient (Wildman–Crippen LogP) is 1.68. The molecule has 0 fully saturated rings. The molecule has 4 nitrogen and oxygen atoms in total. The molecule has 1 N–H and O–H groups in total. The molecule has 1 aromatic carbocycles. The van der Waals surface area contributed by atoms with Gasteiger partial charge in [-0.3, -0.25) is 0 Å². The minimum atomic E-state index is 0.818. The van der Waals surface area contributed by atoms with E-state index in [1.54, 1.807) is 13.3 Å². The fraction of sp³-hybridized carbons (Fsp3) is 0.308. The molecule has 0 saturated heterocycles. The molecule has 0 aliphatic heterocycles. The molecule has 4 heteroatoms. The molecule has 0 aliphatic carbocycles. The normalized spacial score (nSPS) is 10.4. The minimum absolute atomic E-state index is 0.818. The molecule has 1 aromatic heterocycles. The molecule has 90 valence electrons. The van der Waals surface area contributed by atoms with E-state index in [0.717, 1.165) is 25.4 Å². The first-order chi connectivity index (χ1) is 8.40. The fourth-order valence-electron chi connectivity index (χ4n) is 1.70. The Morgan fingerprint density at radius 2 is 2.24 bits per heavy atom. The van der Waals surface area contributed by atoms with E-state index in [-0.39, 0.29) is 0 Å². The topological polar surface area (TPSA) is 39.1 Å². The van der Waals surface area contributed by atoms with E-state index in [0.29, 0.717) is 0 Å². The maximum atomic E-state index is 5.29. The number of imidazole rings is 1. The number of benzene rings is 1. The number of methoxy groups -OCH3 is 1. The zero-order valence-electron chi connectivity index (χ0n) is 9.97. The van der Waals surface area contributed by atoms with E-state index >= 15 is 0 Å². The summed E-state index contributed by atoms with van der Waals surface area (Å²) in [4.78, 5) is 4.00. The highest BCUT2D eigenvalue weighted by molar-refractivity contribution is 5.32. The van der Waals surface area contributed by atoms with Crippen LogP contribution in [0.1, 0.15) is 5.56 Å². The summed E-state index contributed by atoms with van der Waals surface area (Å²) in [5.41, 5.74) is 1.18. The van der Waals surface area contributed by atoms with Crippen molar-refractivity contribution in [3.05, 3.63) is 48.5 Å². The largest absolute Gasteiger partial charge is 0.496 e. The van der Waals surface area contributed by atoms with Crippen LogP contribution in [0, 0.1) is 0 Å². The fourth-order valence-corrected chi connectivity index (χ4v) is 1.70. The summed E-state index contributed by atoms with van der Waals surface area (Å²) in [6.07, 6.45) is 5.58. The van der Waals surface area contributed by atoms with Gasteiger partial charge in [-0.05, 0) is 6.07 Å². The van der Waals surface area contributed by atoms with Crippen LogP contribution in [0.2, 0.25) is 0 Å². The van der Waals surface area contributed by atoms with Gasteiger partial charge in [-0.1, -0.05) is 18.2 Å². The lowest BCUT2D eigenvalue weighted by Gasteiger charge is -2.09. The first-order valence-corrected chi connectivity index (χ1v) is 5.68. The SMILES string of the molecule is COc1ccccc1CNCCn1ccnc1. The molecule has 2 rings (SSSR count). The van der Waals surface area contributed by atoms with Gasteiger partial charge in [0.25, 0.3) is 0 Å². The van der Waals surface area contributed by atoms with Crippen molar-refractivity contribution in [1.29, 1.82) is 0 Å². The van der Waals surface area contributed by atoms with Gasteiger partial charge in [0, 0.05) is 37.6 Å². The number of ether oxygens (including phenoxy) is 1. The molecular formula is C13H17N3O. The van der Waals surface area contributed by atoms with Crippen molar-refractivity contribution in [1.82, 2.24) is 14.9 Å². The van der Waals surface area contributed by atoms with E-state index in [4.69, 9.17) is 4.74 Å². The maximum absolute atomic E-state index is 5.29. The minimum Gasteiger partial charge on any atom is -0.496 e. The quantitative estimate of drug-likeness (QED) is 0.769. The van der Waals surface area contributed by atoms with Gasteiger partial charge in [-0.15, -0.1) is 0 Å². The number of nitrogens with one attached hydrogen (secondary N) is 1. The summed E-state index contributed by atoms with van der Waals surface area (Å²) in [6, 6.07) is 8.05. The Morgan fingerprint density at radius 1 is 1.35 bits per heavy atom. The van der Waals surface area contributed by atoms with E-state index < -0.39 is 0 Å². The summed E-state index contributed by atoms with van der Waals surface area (Å²) in [6.45, 7) is 2.66. The Bertz CT molecular complexity index is 440. The van der Waals surface area contributed by atoms with Crippen LogP contribution >= 0.6 is 0 Å². The van der Waals surface area contributed by atoms with Crippen LogP contribution in [-0.2, 0) is 13.1 Å². The van der Waals surface area contributed by atoms with Crippen molar-refractivity contribution in [3.8, 4) is 5.75 Å². The molecule has 0 aliphatic rings. The van der Waals surface area contributed by atoms with E-state index in [1.807, 2.05) is 30.7 Å². The molecule has 0 bridgehead atoms. The number of para-hydroxylation sites is 1. The van der Waals surface area contributed by atoms with E-state index in [2.05, 4.69) is 20.9 Å². The monoisotopic (exact) mass is 231 g/mol. The lowest BCUT2D eigenvalue weighted by atomic mass is 10.2. The van der Waals surface area contributed by atoms with Crippen LogP contribution in [0.25, 0.3) is 0 Å². The van der Waals surface area contributed by atoms with Crippen molar-refractivity contribution in [2.24, 2.45) is 0 Å². The molecule has 0 saturated carbocycles. The predicted molar refractivity (Wildman–Crippen MR) is 66.9 cm³/mol. The molecule has 1 heterocycles. The summed E-state index contributed by atoms with van der Waals surface area (Å²) < 4.78 is 7.34. The van der Waals surface area contributed by atoms with Crippen LogP contribution in [0.15, 0.2) is 43.0 Å². The number of aromatic nitrogens is 2. The Labute approximate surface area is 101 Å². The lowest BCUT2D eigenvalue weighted by Crippen LogP contribution is -2.19. The zero-order valence-corrected chi connectivity index (χ0v) is 9.97. The lowest BCUT2D eigenvalue weighted by molar-refractivity contribution is 0.407. The van der Waals surface area contributed by atoms with Gasteiger partial charge in [-0.2, -0.15) is 0 Å². The highest BCUT2D eigenvalue weighted by Crippen LogP contribution is 2.16. The smallest absolute Gasteiger partial charge is 0.123 e. The van der Waals surface area contributed by atoms with Crippen molar-refractivity contribution >= 4 is 0 Å². The van der Waals surface area contributed by atoms with E-state index in [1.165, 1.54) is 5.56 Å². The van der Waals surface area contributed by atoms with Gasteiger partial charge < -0.3 is 14.6 Å². The standard InChI is InChI=1S/C13H17N3O/c1-17-13-5-3-2-4-12(13)10-14-6-8-16-9-7-15-11-16/h2-5,7,9,11,14H,6,8,10H2,1H3. The number of hydrogen-bond donors (Lipinski definition) is 1. The van der Waals surface area contributed by atoms with Crippen molar-refractivity contribution in [2.45, 2.75) is 13.1 Å². The second kappa shape index (κ2) is 6.06. The average molecular weight is 231 g/mol. The Kier molecular flexibility index (Phi) is 4.16. The highest BCUT2D eigenvalue weighted by atomic mass is 16.5. The van der Waals surface area contributed by atoms with E-state index in [9.17, 15) is 0 Å². The second-order valence-electron chi connectivity index (χ2n) is 3.79. The van der Waals surface area contributed by atoms with Crippen molar-refractivity contribution in [2.75, 3.05) is 13.7 Å².